The molecule has 39 heavy (non-hydrogen) atoms. The van der Waals surface area contributed by atoms with Gasteiger partial charge in [0.2, 0.25) is 0 Å². The average Bonchev–Trinajstić information content (AvgIpc) is 2.94. The van der Waals surface area contributed by atoms with Crippen LogP contribution in [0.3, 0.4) is 0 Å². The summed E-state index contributed by atoms with van der Waals surface area (Å²) in [4.78, 5) is 0. The first-order chi connectivity index (χ1) is 19.2. The Hall–Kier alpha value is -0.0400. The summed E-state index contributed by atoms with van der Waals surface area (Å²) in [6.07, 6.45) is 46.1. The van der Waals surface area contributed by atoms with Crippen LogP contribution in [0.25, 0.3) is 0 Å². The van der Waals surface area contributed by atoms with E-state index in [9.17, 15) is 5.11 Å². The van der Waals surface area contributed by atoms with Crippen LogP contribution in [-0.2, 0) is 0 Å². The number of rotatable bonds is 34. The van der Waals surface area contributed by atoms with Gasteiger partial charge in [-0.25, -0.2) is 0 Å². The second-order valence-electron chi connectivity index (χ2n) is 13.4. The number of unbranched alkanes of at least 4 members (excludes halogenated alkanes) is 28. The molecule has 0 aromatic rings. The van der Waals surface area contributed by atoms with Crippen molar-refractivity contribution in [1.29, 1.82) is 0 Å². The van der Waals surface area contributed by atoms with Crippen molar-refractivity contribution in [2.75, 3.05) is 0 Å². The fraction of sp³-hybridized carbons (Fsp3) is 1.00. The third-order valence-electron chi connectivity index (χ3n) is 9.24. The van der Waals surface area contributed by atoms with Crippen LogP contribution in [0.2, 0.25) is 0 Å². The van der Waals surface area contributed by atoms with Crippen molar-refractivity contribution in [2.45, 2.75) is 245 Å². The van der Waals surface area contributed by atoms with Gasteiger partial charge in [0.15, 0.2) is 0 Å². The Morgan fingerprint density at radius 3 is 0.590 bits per heavy atom. The van der Waals surface area contributed by atoms with Crippen LogP contribution < -0.4 is 0 Å². The van der Waals surface area contributed by atoms with Crippen LogP contribution in [0.1, 0.15) is 239 Å². The van der Waals surface area contributed by atoms with Gasteiger partial charge in [-0.05, 0) is 19.3 Å². The van der Waals surface area contributed by atoms with Crippen LogP contribution in [-0.4, -0.2) is 10.7 Å². The van der Waals surface area contributed by atoms with Crippen molar-refractivity contribution >= 4 is 0 Å². The maximum atomic E-state index is 11.6. The lowest BCUT2D eigenvalue weighted by Crippen LogP contribution is -2.28. The predicted octanol–water partition coefficient (Wildman–Crippen LogP) is 14.0. The molecule has 0 bridgehead atoms. The number of aliphatic hydroxyl groups is 1. The highest BCUT2D eigenvalue weighted by atomic mass is 16.3. The Labute approximate surface area is 249 Å². The fourth-order valence-corrected chi connectivity index (χ4v) is 6.38. The molecule has 1 nitrogen and oxygen atoms in total. The third kappa shape index (κ3) is 30.7. The Kier molecular flexibility index (Phi) is 32.4. The molecule has 0 saturated heterocycles. The van der Waals surface area contributed by atoms with Crippen molar-refractivity contribution in [3.05, 3.63) is 0 Å². The molecule has 0 radical (unpaired) electrons. The molecule has 0 unspecified atom stereocenters. The second kappa shape index (κ2) is 32.5. The normalized spacial score (nSPS) is 12.0. The largest absolute Gasteiger partial charge is 0.390 e. The molecule has 0 aromatic heterocycles. The first-order valence-corrected chi connectivity index (χ1v) is 18.9. The molecule has 0 atom stereocenters. The molecule has 0 aliphatic heterocycles. The van der Waals surface area contributed by atoms with Crippen LogP contribution in [0.5, 0.6) is 0 Å². The van der Waals surface area contributed by atoms with Gasteiger partial charge in [0.05, 0.1) is 5.60 Å². The molecule has 0 fully saturated rings. The summed E-state index contributed by atoms with van der Waals surface area (Å²) < 4.78 is 0. The summed E-state index contributed by atoms with van der Waals surface area (Å²) in [5.74, 6) is 0. The second-order valence-corrected chi connectivity index (χ2v) is 13.4. The molecular weight excluding hydrogens is 472 g/mol. The Bertz CT molecular complexity index is 406. The van der Waals surface area contributed by atoms with E-state index in [2.05, 4.69) is 20.8 Å². The molecule has 0 amide bonds. The minimum absolute atomic E-state index is 0.375. The van der Waals surface area contributed by atoms with E-state index in [4.69, 9.17) is 0 Å². The molecule has 0 rings (SSSR count). The van der Waals surface area contributed by atoms with Gasteiger partial charge in [0, 0.05) is 0 Å². The van der Waals surface area contributed by atoms with Gasteiger partial charge in [-0.3, -0.25) is 0 Å². The third-order valence-corrected chi connectivity index (χ3v) is 9.24. The van der Waals surface area contributed by atoms with Gasteiger partial charge in [0.25, 0.3) is 0 Å². The van der Waals surface area contributed by atoms with Crippen molar-refractivity contribution in [3.8, 4) is 0 Å². The zero-order chi connectivity index (χ0) is 28.5. The minimum atomic E-state index is -0.375. The highest BCUT2D eigenvalue weighted by Gasteiger charge is 2.25. The van der Waals surface area contributed by atoms with E-state index < -0.39 is 0 Å². The zero-order valence-electron chi connectivity index (χ0n) is 28.0. The van der Waals surface area contributed by atoms with Gasteiger partial charge in [-0.1, -0.05) is 220 Å². The van der Waals surface area contributed by atoms with E-state index in [0.717, 1.165) is 19.3 Å². The Morgan fingerprint density at radius 2 is 0.410 bits per heavy atom. The highest BCUT2D eigenvalue weighted by Crippen LogP contribution is 2.29. The SMILES string of the molecule is CCCCCCCCCCCCCC(O)(CCCCCCCCCCCC)CCCCCCCCCCCC. The number of hydrogen-bond acceptors (Lipinski definition) is 1. The lowest BCUT2D eigenvalue weighted by Gasteiger charge is -2.29. The van der Waals surface area contributed by atoms with E-state index in [-0.39, 0.29) is 5.60 Å². The van der Waals surface area contributed by atoms with Gasteiger partial charge in [-0.2, -0.15) is 0 Å². The van der Waals surface area contributed by atoms with Crippen molar-refractivity contribution < 1.29 is 5.11 Å². The van der Waals surface area contributed by atoms with Crippen LogP contribution >= 0.6 is 0 Å². The first kappa shape index (κ1) is 39.0. The van der Waals surface area contributed by atoms with Gasteiger partial charge in [-0.15, -0.1) is 0 Å². The fourth-order valence-electron chi connectivity index (χ4n) is 6.38. The molecule has 0 heterocycles. The van der Waals surface area contributed by atoms with Crippen molar-refractivity contribution in [1.82, 2.24) is 0 Å². The smallest absolute Gasteiger partial charge is 0.0647 e. The van der Waals surface area contributed by atoms with Crippen LogP contribution in [0, 0.1) is 0 Å². The molecule has 0 aromatic carbocycles. The quantitative estimate of drug-likeness (QED) is 0.0790. The van der Waals surface area contributed by atoms with E-state index >= 15 is 0 Å². The standard InChI is InChI=1S/C38H78O/c1-4-7-10-13-16-19-22-25-28-31-34-37-38(39,35-32-29-26-23-20-17-14-11-8-5-2)36-33-30-27-24-21-18-15-12-9-6-3/h39H,4-37H2,1-3H3. The van der Waals surface area contributed by atoms with Crippen molar-refractivity contribution in [3.63, 3.8) is 0 Å². The van der Waals surface area contributed by atoms with Gasteiger partial charge in [0.1, 0.15) is 0 Å². The Morgan fingerprint density at radius 1 is 0.256 bits per heavy atom. The van der Waals surface area contributed by atoms with Crippen LogP contribution in [0.4, 0.5) is 0 Å². The summed E-state index contributed by atoms with van der Waals surface area (Å²) >= 11 is 0. The lowest BCUT2D eigenvalue weighted by molar-refractivity contribution is 0.00704. The molecule has 0 aliphatic carbocycles. The first-order valence-electron chi connectivity index (χ1n) is 18.9. The van der Waals surface area contributed by atoms with E-state index in [1.165, 1.54) is 199 Å². The zero-order valence-corrected chi connectivity index (χ0v) is 28.0. The maximum absolute atomic E-state index is 11.6. The summed E-state index contributed by atoms with van der Waals surface area (Å²) in [5, 5.41) is 11.6. The maximum Gasteiger partial charge on any atom is 0.0647 e. The predicted molar refractivity (Wildman–Crippen MR) is 179 cm³/mol. The number of hydrogen-bond donors (Lipinski definition) is 1. The van der Waals surface area contributed by atoms with Crippen molar-refractivity contribution in [2.24, 2.45) is 0 Å². The molecule has 1 N–H and O–H groups in total. The van der Waals surface area contributed by atoms with Crippen LogP contribution in [0.15, 0.2) is 0 Å². The summed E-state index contributed by atoms with van der Waals surface area (Å²) in [6, 6.07) is 0. The summed E-state index contributed by atoms with van der Waals surface area (Å²) in [7, 11) is 0. The lowest BCUT2D eigenvalue weighted by atomic mass is 9.85. The van der Waals surface area contributed by atoms with E-state index in [1.807, 2.05) is 0 Å². The molecule has 0 spiro atoms. The summed E-state index contributed by atoms with van der Waals surface area (Å²) in [5.41, 5.74) is -0.375. The minimum Gasteiger partial charge on any atom is -0.390 e. The monoisotopic (exact) mass is 551 g/mol. The van der Waals surface area contributed by atoms with Gasteiger partial charge < -0.3 is 5.11 Å². The molecule has 0 aliphatic rings. The molecule has 1 heteroatoms. The highest BCUT2D eigenvalue weighted by molar-refractivity contribution is 4.78. The van der Waals surface area contributed by atoms with E-state index in [1.54, 1.807) is 0 Å². The molecular formula is C38H78O. The van der Waals surface area contributed by atoms with E-state index in [0.29, 0.717) is 0 Å². The topological polar surface area (TPSA) is 20.2 Å². The molecule has 236 valence electrons. The average molecular weight is 551 g/mol. The Balaban J connectivity index is 4.05. The van der Waals surface area contributed by atoms with Gasteiger partial charge >= 0.3 is 0 Å². The molecule has 0 saturated carbocycles. The summed E-state index contributed by atoms with van der Waals surface area (Å²) in [6.45, 7) is 6.90.